The number of nitrogens with one attached hydrogen (secondary N) is 1. The molecule has 0 amide bonds. The molecular weight excluding hydrogens is 190 g/mol. The average molecular weight is 215 g/mol. The van der Waals surface area contributed by atoms with Crippen molar-refractivity contribution < 1.29 is 9.53 Å². The molecule has 0 bridgehead atoms. The molecular formula is C12H25NO2. The van der Waals surface area contributed by atoms with Crippen LogP contribution in [0.4, 0.5) is 0 Å². The molecule has 0 heterocycles. The lowest BCUT2D eigenvalue weighted by Gasteiger charge is -2.21. The Bertz CT molecular complexity index is 199. The van der Waals surface area contributed by atoms with Crippen LogP contribution in [-0.2, 0) is 9.53 Å². The summed E-state index contributed by atoms with van der Waals surface area (Å²) in [6, 6.07) is 0. The number of Topliss-reactive ketones (excluding diaryl/α,β-unsaturated/α-hetero) is 1. The van der Waals surface area contributed by atoms with Gasteiger partial charge in [-0.25, -0.2) is 0 Å². The molecule has 0 unspecified atom stereocenters. The van der Waals surface area contributed by atoms with Crippen LogP contribution in [0.1, 0.15) is 41.5 Å². The fraction of sp³-hybridized carbons (Fsp3) is 0.917. The summed E-state index contributed by atoms with van der Waals surface area (Å²) in [7, 11) is 0. The highest BCUT2D eigenvalue weighted by Gasteiger charge is 2.20. The van der Waals surface area contributed by atoms with Crippen LogP contribution in [-0.4, -0.2) is 31.1 Å². The first-order chi connectivity index (χ1) is 6.63. The number of ketones is 1. The van der Waals surface area contributed by atoms with E-state index in [1.807, 2.05) is 20.8 Å². The Morgan fingerprint density at radius 3 is 2.07 bits per heavy atom. The summed E-state index contributed by atoms with van der Waals surface area (Å²) in [5.74, 6) is 0.151. The van der Waals surface area contributed by atoms with E-state index in [4.69, 9.17) is 4.74 Å². The van der Waals surface area contributed by atoms with Gasteiger partial charge >= 0.3 is 0 Å². The van der Waals surface area contributed by atoms with E-state index in [-0.39, 0.29) is 23.3 Å². The lowest BCUT2D eigenvalue weighted by molar-refractivity contribution is -0.131. The highest BCUT2D eigenvalue weighted by atomic mass is 16.5. The fourth-order valence-corrected chi connectivity index (χ4v) is 0.880. The highest BCUT2D eigenvalue weighted by Crippen LogP contribution is 2.14. The standard InChI is InChI=1S/C12H25NO2/c1-11(2,3)10(14)9-15-8-7-13-12(4,5)6/h13H,7-9H2,1-6H3. The van der Waals surface area contributed by atoms with Crippen molar-refractivity contribution in [3.63, 3.8) is 0 Å². The molecule has 0 aromatic rings. The summed E-state index contributed by atoms with van der Waals surface area (Å²) in [5, 5.41) is 3.30. The normalized spacial score (nSPS) is 12.9. The SMILES string of the molecule is CC(C)(C)NCCOCC(=O)C(C)(C)C. The Kier molecular flexibility index (Phi) is 5.46. The molecule has 0 aliphatic rings. The zero-order valence-electron chi connectivity index (χ0n) is 10.9. The topological polar surface area (TPSA) is 38.3 Å². The van der Waals surface area contributed by atoms with Crippen LogP contribution in [0.3, 0.4) is 0 Å². The molecule has 0 radical (unpaired) electrons. The molecule has 0 aliphatic carbocycles. The molecule has 0 aliphatic heterocycles. The van der Waals surface area contributed by atoms with Gasteiger partial charge in [-0.1, -0.05) is 20.8 Å². The van der Waals surface area contributed by atoms with E-state index in [2.05, 4.69) is 26.1 Å². The van der Waals surface area contributed by atoms with Crippen molar-refractivity contribution in [2.75, 3.05) is 19.8 Å². The lowest BCUT2D eigenvalue weighted by Crippen LogP contribution is -2.38. The van der Waals surface area contributed by atoms with E-state index in [1.165, 1.54) is 0 Å². The maximum atomic E-state index is 11.5. The lowest BCUT2D eigenvalue weighted by atomic mass is 9.91. The minimum absolute atomic E-state index is 0.109. The van der Waals surface area contributed by atoms with Crippen LogP contribution >= 0.6 is 0 Å². The van der Waals surface area contributed by atoms with Gasteiger partial charge in [-0.2, -0.15) is 0 Å². The van der Waals surface area contributed by atoms with Gasteiger partial charge in [0.05, 0.1) is 6.61 Å². The van der Waals surface area contributed by atoms with Crippen molar-refractivity contribution in [1.82, 2.24) is 5.32 Å². The number of hydrogen-bond donors (Lipinski definition) is 1. The zero-order valence-corrected chi connectivity index (χ0v) is 10.9. The first kappa shape index (κ1) is 14.6. The molecule has 90 valence electrons. The van der Waals surface area contributed by atoms with Crippen LogP contribution in [0, 0.1) is 5.41 Å². The second kappa shape index (κ2) is 5.61. The molecule has 0 saturated heterocycles. The van der Waals surface area contributed by atoms with Gasteiger partial charge in [0, 0.05) is 17.5 Å². The molecule has 0 atom stereocenters. The summed E-state index contributed by atoms with van der Waals surface area (Å²) < 4.78 is 5.31. The second-order valence-electron chi connectivity index (χ2n) is 5.90. The Balaban J connectivity index is 3.53. The predicted molar refractivity (Wildman–Crippen MR) is 63.0 cm³/mol. The second-order valence-corrected chi connectivity index (χ2v) is 5.90. The molecule has 0 spiro atoms. The van der Waals surface area contributed by atoms with Gasteiger partial charge in [0.25, 0.3) is 0 Å². The minimum atomic E-state index is -0.294. The number of rotatable bonds is 5. The summed E-state index contributed by atoms with van der Waals surface area (Å²) in [6.07, 6.45) is 0. The molecule has 0 fully saturated rings. The first-order valence-electron chi connectivity index (χ1n) is 5.49. The van der Waals surface area contributed by atoms with Crippen LogP contribution in [0.2, 0.25) is 0 Å². The van der Waals surface area contributed by atoms with Crippen LogP contribution in [0.15, 0.2) is 0 Å². The largest absolute Gasteiger partial charge is 0.372 e. The molecule has 3 heteroatoms. The Labute approximate surface area is 93.6 Å². The van der Waals surface area contributed by atoms with Crippen LogP contribution in [0.25, 0.3) is 0 Å². The van der Waals surface area contributed by atoms with Crippen molar-refractivity contribution in [1.29, 1.82) is 0 Å². The van der Waals surface area contributed by atoms with Crippen molar-refractivity contribution >= 4 is 5.78 Å². The van der Waals surface area contributed by atoms with Crippen molar-refractivity contribution in [3.8, 4) is 0 Å². The predicted octanol–water partition coefficient (Wildman–Crippen LogP) is 2.01. The Hall–Kier alpha value is -0.410. The van der Waals surface area contributed by atoms with Gasteiger partial charge < -0.3 is 10.1 Å². The molecule has 0 saturated carbocycles. The zero-order chi connectivity index (χ0) is 12.1. The third kappa shape index (κ3) is 8.58. The minimum Gasteiger partial charge on any atom is -0.372 e. The van der Waals surface area contributed by atoms with E-state index >= 15 is 0 Å². The van der Waals surface area contributed by atoms with Gasteiger partial charge in [0.15, 0.2) is 5.78 Å². The van der Waals surface area contributed by atoms with E-state index in [9.17, 15) is 4.79 Å². The quantitative estimate of drug-likeness (QED) is 0.713. The van der Waals surface area contributed by atoms with E-state index < -0.39 is 0 Å². The van der Waals surface area contributed by atoms with Gasteiger partial charge in [-0.3, -0.25) is 4.79 Å². The summed E-state index contributed by atoms with van der Waals surface area (Å²) in [4.78, 5) is 11.5. The maximum Gasteiger partial charge on any atom is 0.163 e. The Morgan fingerprint density at radius 2 is 1.67 bits per heavy atom. The van der Waals surface area contributed by atoms with E-state index in [0.717, 1.165) is 6.54 Å². The van der Waals surface area contributed by atoms with Crippen molar-refractivity contribution in [2.24, 2.45) is 5.41 Å². The smallest absolute Gasteiger partial charge is 0.163 e. The van der Waals surface area contributed by atoms with Crippen LogP contribution in [0.5, 0.6) is 0 Å². The van der Waals surface area contributed by atoms with Crippen LogP contribution < -0.4 is 5.32 Å². The number of carbonyl (C=O) groups is 1. The number of carbonyl (C=O) groups excluding carboxylic acids is 1. The number of hydrogen-bond acceptors (Lipinski definition) is 3. The maximum absolute atomic E-state index is 11.5. The summed E-state index contributed by atoms with van der Waals surface area (Å²) in [6.45, 7) is 13.6. The van der Waals surface area contributed by atoms with Crippen molar-refractivity contribution in [2.45, 2.75) is 47.1 Å². The summed E-state index contributed by atoms with van der Waals surface area (Å²) >= 11 is 0. The molecule has 1 N–H and O–H groups in total. The van der Waals surface area contributed by atoms with Gasteiger partial charge in [0.2, 0.25) is 0 Å². The van der Waals surface area contributed by atoms with E-state index in [1.54, 1.807) is 0 Å². The first-order valence-corrected chi connectivity index (χ1v) is 5.49. The molecule has 15 heavy (non-hydrogen) atoms. The third-order valence-electron chi connectivity index (χ3n) is 1.97. The van der Waals surface area contributed by atoms with Gasteiger partial charge in [-0.05, 0) is 20.8 Å². The summed E-state index contributed by atoms with van der Waals surface area (Å²) in [5.41, 5.74) is -0.186. The highest BCUT2D eigenvalue weighted by molar-refractivity contribution is 5.84. The molecule has 3 nitrogen and oxygen atoms in total. The van der Waals surface area contributed by atoms with E-state index in [0.29, 0.717) is 6.61 Å². The average Bonchev–Trinajstić information content (AvgIpc) is 1.99. The fourth-order valence-electron chi connectivity index (χ4n) is 0.880. The van der Waals surface area contributed by atoms with Gasteiger partial charge in [0.1, 0.15) is 6.61 Å². The monoisotopic (exact) mass is 215 g/mol. The molecule has 0 aromatic heterocycles. The molecule has 0 rings (SSSR count). The molecule has 0 aromatic carbocycles. The third-order valence-corrected chi connectivity index (χ3v) is 1.97. The number of ether oxygens (including phenoxy) is 1. The van der Waals surface area contributed by atoms with Gasteiger partial charge in [-0.15, -0.1) is 0 Å². The Morgan fingerprint density at radius 1 is 1.13 bits per heavy atom. The van der Waals surface area contributed by atoms with Crippen molar-refractivity contribution in [3.05, 3.63) is 0 Å².